The van der Waals surface area contributed by atoms with Crippen LogP contribution in [0.2, 0.25) is 0 Å². The molecule has 4 nitrogen and oxygen atoms in total. The van der Waals surface area contributed by atoms with Crippen molar-refractivity contribution in [1.29, 1.82) is 5.26 Å². The SMILES string of the molecule is COCCNC(=S)N(C)c1cccc(C#N)c1. The lowest BCUT2D eigenvalue weighted by molar-refractivity contribution is 0.204. The highest BCUT2D eigenvalue weighted by Crippen LogP contribution is 2.14. The number of ether oxygens (including phenoxy) is 1. The molecule has 0 radical (unpaired) electrons. The highest BCUT2D eigenvalue weighted by Gasteiger charge is 2.06. The fraction of sp³-hybridized carbons (Fsp3) is 0.333. The Morgan fingerprint density at radius 2 is 2.35 bits per heavy atom. The third-order valence-electron chi connectivity index (χ3n) is 2.25. The molecule has 0 heterocycles. The Bertz CT molecular complexity index is 428. The number of thiocarbonyl (C=S) groups is 1. The summed E-state index contributed by atoms with van der Waals surface area (Å²) in [5.41, 5.74) is 1.51. The number of hydrogen-bond donors (Lipinski definition) is 1. The van der Waals surface area contributed by atoms with Gasteiger partial charge in [-0.05, 0) is 30.4 Å². The summed E-state index contributed by atoms with van der Waals surface area (Å²) in [5, 5.41) is 12.5. The second-order valence-corrected chi connectivity index (χ2v) is 3.83. The van der Waals surface area contributed by atoms with Crippen LogP contribution in [-0.2, 0) is 4.74 Å². The monoisotopic (exact) mass is 249 g/mol. The van der Waals surface area contributed by atoms with E-state index < -0.39 is 0 Å². The van der Waals surface area contributed by atoms with E-state index in [1.54, 1.807) is 19.2 Å². The maximum absolute atomic E-state index is 8.82. The van der Waals surface area contributed by atoms with Gasteiger partial charge in [-0.1, -0.05) is 6.07 Å². The van der Waals surface area contributed by atoms with Gasteiger partial charge in [0.15, 0.2) is 5.11 Å². The molecule has 0 bridgehead atoms. The number of benzene rings is 1. The Kier molecular flexibility index (Phi) is 5.40. The van der Waals surface area contributed by atoms with Crippen molar-refractivity contribution >= 4 is 23.0 Å². The molecule has 0 atom stereocenters. The van der Waals surface area contributed by atoms with E-state index in [0.717, 1.165) is 5.69 Å². The topological polar surface area (TPSA) is 48.3 Å². The van der Waals surface area contributed by atoms with Gasteiger partial charge in [0.25, 0.3) is 0 Å². The summed E-state index contributed by atoms with van der Waals surface area (Å²) in [6, 6.07) is 9.41. The second-order valence-electron chi connectivity index (χ2n) is 3.45. The standard InChI is InChI=1S/C12H15N3OS/c1-15(12(17)14-6-7-16-2)11-5-3-4-10(8-11)9-13/h3-5,8H,6-7H2,1-2H3,(H,14,17). The molecule has 0 amide bonds. The van der Waals surface area contributed by atoms with E-state index in [1.807, 2.05) is 24.1 Å². The third kappa shape index (κ3) is 4.02. The van der Waals surface area contributed by atoms with Crippen LogP contribution in [0.4, 0.5) is 5.69 Å². The van der Waals surface area contributed by atoms with Crippen LogP contribution in [-0.4, -0.2) is 32.4 Å². The first-order chi connectivity index (χ1) is 8.19. The Balaban J connectivity index is 2.65. The number of hydrogen-bond acceptors (Lipinski definition) is 3. The van der Waals surface area contributed by atoms with Crippen LogP contribution < -0.4 is 10.2 Å². The highest BCUT2D eigenvalue weighted by atomic mass is 32.1. The van der Waals surface area contributed by atoms with Crippen molar-refractivity contribution in [2.24, 2.45) is 0 Å². The van der Waals surface area contributed by atoms with Gasteiger partial charge in [0.1, 0.15) is 0 Å². The third-order valence-corrected chi connectivity index (χ3v) is 2.67. The Labute approximate surface area is 107 Å². The Hall–Kier alpha value is -1.64. The normalized spacial score (nSPS) is 9.47. The van der Waals surface area contributed by atoms with Gasteiger partial charge in [0.05, 0.1) is 18.2 Å². The Morgan fingerprint density at radius 1 is 1.59 bits per heavy atom. The number of methoxy groups -OCH3 is 1. The average Bonchev–Trinajstić information content (AvgIpc) is 2.38. The molecule has 90 valence electrons. The first-order valence-electron chi connectivity index (χ1n) is 5.19. The summed E-state index contributed by atoms with van der Waals surface area (Å²) in [6.07, 6.45) is 0. The maximum atomic E-state index is 8.82. The Morgan fingerprint density at radius 3 is 3.00 bits per heavy atom. The number of nitrogens with zero attached hydrogens (tertiary/aromatic N) is 2. The summed E-state index contributed by atoms with van der Waals surface area (Å²) < 4.78 is 4.93. The molecular formula is C12H15N3OS. The molecule has 0 fully saturated rings. The fourth-order valence-electron chi connectivity index (χ4n) is 1.28. The van der Waals surface area contributed by atoms with Crippen molar-refractivity contribution in [3.05, 3.63) is 29.8 Å². The minimum absolute atomic E-state index is 0.603. The molecule has 1 N–H and O–H groups in total. The average molecular weight is 249 g/mol. The molecule has 0 aliphatic carbocycles. The smallest absolute Gasteiger partial charge is 0.173 e. The number of rotatable bonds is 4. The molecule has 0 aliphatic rings. The van der Waals surface area contributed by atoms with Gasteiger partial charge in [-0.25, -0.2) is 0 Å². The van der Waals surface area contributed by atoms with Crippen molar-refractivity contribution in [2.75, 3.05) is 32.2 Å². The van der Waals surface area contributed by atoms with Gasteiger partial charge in [-0.2, -0.15) is 5.26 Å². The predicted molar refractivity (Wildman–Crippen MR) is 72.0 cm³/mol. The van der Waals surface area contributed by atoms with E-state index in [2.05, 4.69) is 11.4 Å². The molecule has 1 aromatic rings. The number of nitrogens with one attached hydrogen (secondary N) is 1. The van der Waals surface area contributed by atoms with Crippen LogP contribution in [0.15, 0.2) is 24.3 Å². The van der Waals surface area contributed by atoms with Crippen LogP contribution in [0, 0.1) is 11.3 Å². The van der Waals surface area contributed by atoms with E-state index in [9.17, 15) is 0 Å². The molecule has 1 rings (SSSR count). The highest BCUT2D eigenvalue weighted by molar-refractivity contribution is 7.80. The van der Waals surface area contributed by atoms with Gasteiger partial charge in [0.2, 0.25) is 0 Å². The molecule has 0 aromatic heterocycles. The van der Waals surface area contributed by atoms with Gasteiger partial charge in [0, 0.05) is 26.4 Å². The number of nitriles is 1. The summed E-state index contributed by atoms with van der Waals surface area (Å²) in [5.74, 6) is 0. The molecule has 0 saturated carbocycles. The van der Waals surface area contributed by atoms with Crippen LogP contribution in [0.5, 0.6) is 0 Å². The molecule has 0 spiro atoms. The van der Waals surface area contributed by atoms with Crippen LogP contribution in [0.1, 0.15) is 5.56 Å². The summed E-state index contributed by atoms with van der Waals surface area (Å²) in [6.45, 7) is 1.27. The molecule has 17 heavy (non-hydrogen) atoms. The van der Waals surface area contributed by atoms with Crippen LogP contribution >= 0.6 is 12.2 Å². The lowest BCUT2D eigenvalue weighted by Crippen LogP contribution is -2.38. The minimum atomic E-state index is 0.603. The second kappa shape index (κ2) is 6.84. The van der Waals surface area contributed by atoms with Crippen LogP contribution in [0.25, 0.3) is 0 Å². The lowest BCUT2D eigenvalue weighted by Gasteiger charge is -2.21. The zero-order valence-electron chi connectivity index (χ0n) is 9.93. The van der Waals surface area contributed by atoms with E-state index >= 15 is 0 Å². The van der Waals surface area contributed by atoms with Gasteiger partial charge < -0.3 is 15.0 Å². The number of anilines is 1. The molecular weight excluding hydrogens is 234 g/mol. The van der Waals surface area contributed by atoms with Gasteiger partial charge >= 0.3 is 0 Å². The van der Waals surface area contributed by atoms with Crippen molar-refractivity contribution in [3.63, 3.8) is 0 Å². The molecule has 0 aliphatic heterocycles. The zero-order chi connectivity index (χ0) is 12.7. The predicted octanol–water partition coefficient (Wildman–Crippen LogP) is 1.52. The minimum Gasteiger partial charge on any atom is -0.383 e. The van der Waals surface area contributed by atoms with E-state index in [4.69, 9.17) is 22.2 Å². The molecule has 1 aromatic carbocycles. The van der Waals surface area contributed by atoms with Crippen LogP contribution in [0.3, 0.4) is 0 Å². The molecule has 5 heteroatoms. The van der Waals surface area contributed by atoms with Crippen molar-refractivity contribution in [3.8, 4) is 6.07 Å². The van der Waals surface area contributed by atoms with Crippen molar-refractivity contribution in [1.82, 2.24) is 5.32 Å². The zero-order valence-corrected chi connectivity index (χ0v) is 10.8. The van der Waals surface area contributed by atoms with E-state index in [0.29, 0.717) is 23.8 Å². The summed E-state index contributed by atoms with van der Waals surface area (Å²) in [7, 11) is 3.50. The van der Waals surface area contributed by atoms with E-state index in [1.165, 1.54) is 0 Å². The summed E-state index contributed by atoms with van der Waals surface area (Å²) in [4.78, 5) is 1.83. The molecule has 0 saturated heterocycles. The molecule has 0 unspecified atom stereocenters. The van der Waals surface area contributed by atoms with Crippen molar-refractivity contribution < 1.29 is 4.74 Å². The van der Waals surface area contributed by atoms with Gasteiger partial charge in [-0.15, -0.1) is 0 Å². The quantitative estimate of drug-likeness (QED) is 0.647. The maximum Gasteiger partial charge on any atom is 0.173 e. The van der Waals surface area contributed by atoms with Gasteiger partial charge in [-0.3, -0.25) is 0 Å². The first kappa shape index (κ1) is 13.4. The largest absolute Gasteiger partial charge is 0.383 e. The van der Waals surface area contributed by atoms with E-state index in [-0.39, 0.29) is 0 Å². The van der Waals surface area contributed by atoms with Crippen molar-refractivity contribution in [2.45, 2.75) is 0 Å². The lowest BCUT2D eigenvalue weighted by atomic mass is 10.2. The summed E-state index contributed by atoms with van der Waals surface area (Å²) >= 11 is 5.23. The first-order valence-corrected chi connectivity index (χ1v) is 5.60. The fourth-order valence-corrected chi connectivity index (χ4v) is 1.49.